The first-order chi connectivity index (χ1) is 5.35. The van der Waals surface area contributed by atoms with Crippen LogP contribution in [0.5, 0.6) is 0 Å². The lowest BCUT2D eigenvalue weighted by molar-refractivity contribution is 0.130. The van der Waals surface area contributed by atoms with Crippen LogP contribution in [0.3, 0.4) is 0 Å². The van der Waals surface area contributed by atoms with E-state index >= 15 is 0 Å². The van der Waals surface area contributed by atoms with E-state index in [9.17, 15) is 0 Å². The van der Waals surface area contributed by atoms with Gasteiger partial charge in [-0.1, -0.05) is 0 Å². The Kier molecular flexibility index (Phi) is 8.50. The van der Waals surface area contributed by atoms with Crippen molar-refractivity contribution in [2.24, 2.45) is 0 Å². The Balaban J connectivity index is 3.20. The van der Waals surface area contributed by atoms with Gasteiger partial charge in [0.1, 0.15) is 0 Å². The molecule has 0 aromatic carbocycles. The predicted molar refractivity (Wildman–Crippen MR) is 49.1 cm³/mol. The molecule has 68 valence electrons. The highest BCUT2D eigenvalue weighted by Gasteiger charge is 2.03. The van der Waals surface area contributed by atoms with E-state index in [0.717, 1.165) is 12.3 Å². The summed E-state index contributed by atoms with van der Waals surface area (Å²) in [6.07, 6.45) is 2.06. The Morgan fingerprint density at radius 2 is 2.36 bits per heavy atom. The average molecular weight is 179 g/mol. The zero-order valence-corrected chi connectivity index (χ0v) is 7.99. The molecule has 4 heteroatoms. The normalized spacial score (nSPS) is 13.4. The zero-order chi connectivity index (χ0) is 8.53. The third-order valence-corrected chi connectivity index (χ3v) is 1.94. The molecular formula is C7H17NO2S. The molecule has 11 heavy (non-hydrogen) atoms. The number of aliphatic hydroxyl groups excluding tert-OH is 1. The van der Waals surface area contributed by atoms with E-state index in [4.69, 9.17) is 9.84 Å². The molecule has 0 saturated carbocycles. The van der Waals surface area contributed by atoms with Gasteiger partial charge >= 0.3 is 0 Å². The van der Waals surface area contributed by atoms with Crippen molar-refractivity contribution in [3.8, 4) is 0 Å². The summed E-state index contributed by atoms with van der Waals surface area (Å²) < 4.78 is 4.90. The molecule has 0 aromatic heterocycles. The van der Waals surface area contributed by atoms with Crippen molar-refractivity contribution in [2.75, 3.05) is 38.9 Å². The van der Waals surface area contributed by atoms with Crippen LogP contribution in [0.2, 0.25) is 0 Å². The maximum Gasteiger partial charge on any atom is 0.0638 e. The molecule has 3 nitrogen and oxygen atoms in total. The van der Waals surface area contributed by atoms with Crippen LogP contribution in [-0.2, 0) is 4.74 Å². The quantitative estimate of drug-likeness (QED) is 0.538. The largest absolute Gasteiger partial charge is 0.395 e. The highest BCUT2D eigenvalue weighted by molar-refractivity contribution is 7.98. The highest BCUT2D eigenvalue weighted by atomic mass is 32.2. The molecule has 0 aromatic rings. The fourth-order valence-corrected chi connectivity index (χ4v) is 1.06. The summed E-state index contributed by atoms with van der Waals surface area (Å²) in [7, 11) is 1.64. The van der Waals surface area contributed by atoms with Crippen molar-refractivity contribution >= 4 is 11.8 Å². The first-order valence-electron chi connectivity index (χ1n) is 3.67. The van der Waals surface area contributed by atoms with E-state index < -0.39 is 0 Å². The Hall–Kier alpha value is 0.230. The number of aliphatic hydroxyl groups is 1. The minimum absolute atomic E-state index is 0.0900. The molecule has 0 spiro atoms. The van der Waals surface area contributed by atoms with Crippen LogP contribution >= 0.6 is 11.8 Å². The molecule has 0 bridgehead atoms. The van der Waals surface area contributed by atoms with E-state index in [1.54, 1.807) is 18.9 Å². The van der Waals surface area contributed by atoms with E-state index in [2.05, 4.69) is 11.6 Å². The highest BCUT2D eigenvalue weighted by Crippen LogP contribution is 1.89. The van der Waals surface area contributed by atoms with Crippen LogP contribution < -0.4 is 5.32 Å². The number of rotatable bonds is 7. The summed E-state index contributed by atoms with van der Waals surface area (Å²) >= 11 is 1.79. The Bertz CT molecular complexity index is 82.8. The van der Waals surface area contributed by atoms with Crippen LogP contribution in [0, 0.1) is 0 Å². The first-order valence-corrected chi connectivity index (χ1v) is 5.06. The maximum absolute atomic E-state index is 8.81. The predicted octanol–water partition coefficient (Wildman–Crippen LogP) is -0.0537. The smallest absolute Gasteiger partial charge is 0.0638 e. The minimum Gasteiger partial charge on any atom is -0.395 e. The lowest BCUT2D eigenvalue weighted by Gasteiger charge is -2.14. The second-order valence-electron chi connectivity index (χ2n) is 2.28. The number of ether oxygens (including phenoxy) is 1. The summed E-state index contributed by atoms with van der Waals surface area (Å²) in [4.78, 5) is 0. The van der Waals surface area contributed by atoms with Crippen LogP contribution in [-0.4, -0.2) is 50.0 Å². The molecular weight excluding hydrogens is 162 g/mol. The second kappa shape index (κ2) is 8.33. The van der Waals surface area contributed by atoms with Gasteiger partial charge in [-0.25, -0.2) is 0 Å². The van der Waals surface area contributed by atoms with Crippen LogP contribution in [0.15, 0.2) is 0 Å². The maximum atomic E-state index is 8.81. The topological polar surface area (TPSA) is 41.5 Å². The van der Waals surface area contributed by atoms with Crippen molar-refractivity contribution in [3.05, 3.63) is 0 Å². The number of methoxy groups -OCH3 is 1. The number of nitrogens with one attached hydrogen (secondary N) is 1. The van der Waals surface area contributed by atoms with Crippen LogP contribution in [0.1, 0.15) is 0 Å². The third kappa shape index (κ3) is 6.62. The standard InChI is InChI=1S/C7H17NO2S/c1-10-6-7(5-9)8-3-4-11-2/h7-9H,3-6H2,1-2H3. The Morgan fingerprint density at radius 3 is 2.82 bits per heavy atom. The molecule has 2 N–H and O–H groups in total. The lowest BCUT2D eigenvalue weighted by Crippen LogP contribution is -2.37. The Morgan fingerprint density at radius 1 is 1.64 bits per heavy atom. The molecule has 0 heterocycles. The van der Waals surface area contributed by atoms with Gasteiger partial charge in [0.15, 0.2) is 0 Å². The van der Waals surface area contributed by atoms with Gasteiger partial charge in [-0.05, 0) is 6.26 Å². The summed E-state index contributed by atoms with van der Waals surface area (Å²) in [5, 5.41) is 12.0. The van der Waals surface area contributed by atoms with E-state index in [1.165, 1.54) is 0 Å². The summed E-state index contributed by atoms with van der Waals surface area (Å²) in [5.41, 5.74) is 0. The summed E-state index contributed by atoms with van der Waals surface area (Å²) in [6.45, 7) is 1.64. The minimum atomic E-state index is 0.0900. The molecule has 1 unspecified atom stereocenters. The van der Waals surface area contributed by atoms with Crippen molar-refractivity contribution in [1.82, 2.24) is 5.32 Å². The number of hydrogen-bond donors (Lipinski definition) is 2. The van der Waals surface area contributed by atoms with Gasteiger partial charge in [-0.15, -0.1) is 0 Å². The average Bonchev–Trinajstić information content (AvgIpc) is 2.03. The Labute approximate surface area is 72.5 Å². The van der Waals surface area contributed by atoms with Crippen molar-refractivity contribution in [2.45, 2.75) is 6.04 Å². The van der Waals surface area contributed by atoms with E-state index in [0.29, 0.717) is 6.61 Å². The third-order valence-electron chi connectivity index (χ3n) is 1.33. The zero-order valence-electron chi connectivity index (χ0n) is 7.17. The fraction of sp³-hybridized carbons (Fsp3) is 1.00. The van der Waals surface area contributed by atoms with Crippen molar-refractivity contribution in [1.29, 1.82) is 0 Å². The lowest BCUT2D eigenvalue weighted by atomic mass is 10.3. The first kappa shape index (κ1) is 11.2. The molecule has 0 aliphatic rings. The molecule has 0 radical (unpaired) electrons. The molecule has 0 rings (SSSR count). The molecule has 1 atom stereocenters. The van der Waals surface area contributed by atoms with Gasteiger partial charge in [0.05, 0.1) is 19.3 Å². The summed E-state index contributed by atoms with van der Waals surface area (Å²) in [6, 6.07) is 0.0900. The van der Waals surface area contributed by atoms with E-state index in [1.807, 2.05) is 0 Å². The van der Waals surface area contributed by atoms with Gasteiger partial charge in [-0.2, -0.15) is 11.8 Å². The molecule has 0 aliphatic carbocycles. The SMILES string of the molecule is COCC(CO)NCCSC. The van der Waals surface area contributed by atoms with E-state index in [-0.39, 0.29) is 12.6 Å². The molecule has 0 fully saturated rings. The fourth-order valence-electron chi connectivity index (χ4n) is 0.742. The molecule has 0 amide bonds. The second-order valence-corrected chi connectivity index (χ2v) is 3.27. The van der Waals surface area contributed by atoms with Gasteiger partial charge in [0, 0.05) is 19.4 Å². The number of thioether (sulfide) groups is 1. The monoisotopic (exact) mass is 179 g/mol. The molecule has 0 aliphatic heterocycles. The van der Waals surface area contributed by atoms with Crippen molar-refractivity contribution in [3.63, 3.8) is 0 Å². The van der Waals surface area contributed by atoms with Gasteiger partial charge in [0.25, 0.3) is 0 Å². The number of hydrogen-bond acceptors (Lipinski definition) is 4. The molecule has 0 saturated heterocycles. The van der Waals surface area contributed by atoms with Gasteiger partial charge < -0.3 is 15.2 Å². The summed E-state index contributed by atoms with van der Waals surface area (Å²) in [5.74, 6) is 1.07. The van der Waals surface area contributed by atoms with Crippen LogP contribution in [0.25, 0.3) is 0 Å². The van der Waals surface area contributed by atoms with Gasteiger partial charge in [-0.3, -0.25) is 0 Å². The van der Waals surface area contributed by atoms with Crippen molar-refractivity contribution < 1.29 is 9.84 Å². The van der Waals surface area contributed by atoms with Gasteiger partial charge in [0.2, 0.25) is 0 Å². The van der Waals surface area contributed by atoms with Crippen LogP contribution in [0.4, 0.5) is 0 Å².